The van der Waals surface area contributed by atoms with Gasteiger partial charge in [0.2, 0.25) is 10.0 Å². The van der Waals surface area contributed by atoms with E-state index >= 15 is 0 Å². The molecule has 28 heavy (non-hydrogen) atoms. The molecule has 1 heterocycles. The van der Waals surface area contributed by atoms with Crippen LogP contribution in [0.4, 0.5) is 0 Å². The van der Waals surface area contributed by atoms with E-state index in [1.807, 2.05) is 13.0 Å². The van der Waals surface area contributed by atoms with Crippen molar-refractivity contribution in [2.45, 2.75) is 37.6 Å². The van der Waals surface area contributed by atoms with Gasteiger partial charge in [0.15, 0.2) is 0 Å². The quantitative estimate of drug-likeness (QED) is 0.806. The number of methoxy groups -OCH3 is 1. The van der Waals surface area contributed by atoms with E-state index in [0.717, 1.165) is 30.4 Å². The first kappa shape index (κ1) is 20.4. The maximum atomic E-state index is 12.7. The van der Waals surface area contributed by atoms with Crippen molar-refractivity contribution >= 4 is 15.9 Å². The molecule has 1 aliphatic heterocycles. The van der Waals surface area contributed by atoms with Crippen LogP contribution in [-0.4, -0.2) is 38.8 Å². The summed E-state index contributed by atoms with van der Waals surface area (Å²) < 4.78 is 32.2. The first-order valence-corrected chi connectivity index (χ1v) is 10.9. The van der Waals surface area contributed by atoms with Gasteiger partial charge < -0.3 is 10.1 Å². The average molecular weight is 403 g/mol. The lowest BCUT2D eigenvalue weighted by Crippen LogP contribution is -2.35. The predicted molar refractivity (Wildman–Crippen MR) is 108 cm³/mol. The molecule has 2 aromatic rings. The van der Waals surface area contributed by atoms with Crippen molar-refractivity contribution in [3.8, 4) is 5.75 Å². The fourth-order valence-electron chi connectivity index (χ4n) is 3.31. The van der Waals surface area contributed by atoms with Crippen LogP contribution in [0.5, 0.6) is 5.75 Å². The normalized spacial score (nSPS) is 15.2. The monoisotopic (exact) mass is 402 g/mol. The van der Waals surface area contributed by atoms with E-state index in [0.29, 0.717) is 35.8 Å². The Morgan fingerprint density at radius 2 is 1.75 bits per heavy atom. The average Bonchev–Trinajstić information content (AvgIpc) is 2.73. The highest BCUT2D eigenvalue weighted by atomic mass is 32.2. The number of aryl methyl sites for hydroxylation is 1. The van der Waals surface area contributed by atoms with Gasteiger partial charge in [-0.1, -0.05) is 30.2 Å². The minimum absolute atomic E-state index is 0.231. The zero-order valence-corrected chi connectivity index (χ0v) is 17.1. The summed E-state index contributed by atoms with van der Waals surface area (Å²) >= 11 is 0. The Labute approximate surface area is 166 Å². The van der Waals surface area contributed by atoms with Crippen molar-refractivity contribution in [3.63, 3.8) is 0 Å². The van der Waals surface area contributed by atoms with Gasteiger partial charge >= 0.3 is 0 Å². The Bertz CT molecular complexity index is 933. The third kappa shape index (κ3) is 4.54. The van der Waals surface area contributed by atoms with Crippen LogP contribution in [0.1, 0.15) is 40.7 Å². The molecule has 0 radical (unpaired) electrons. The van der Waals surface area contributed by atoms with Crippen molar-refractivity contribution in [2.24, 2.45) is 0 Å². The predicted octanol–water partition coefficient (Wildman–Crippen LogP) is 3.11. The fourth-order valence-corrected chi connectivity index (χ4v) is 4.83. The van der Waals surface area contributed by atoms with Gasteiger partial charge in [-0.2, -0.15) is 4.31 Å². The molecule has 150 valence electrons. The van der Waals surface area contributed by atoms with Crippen molar-refractivity contribution < 1.29 is 17.9 Å². The van der Waals surface area contributed by atoms with Crippen LogP contribution in [0.2, 0.25) is 0 Å². The van der Waals surface area contributed by atoms with E-state index in [4.69, 9.17) is 4.74 Å². The van der Waals surface area contributed by atoms with Crippen LogP contribution >= 0.6 is 0 Å². The van der Waals surface area contributed by atoms with Crippen LogP contribution in [0.25, 0.3) is 0 Å². The number of hydrogen-bond acceptors (Lipinski definition) is 4. The Balaban J connectivity index is 1.66. The van der Waals surface area contributed by atoms with E-state index in [2.05, 4.69) is 5.32 Å². The van der Waals surface area contributed by atoms with E-state index in [1.54, 1.807) is 40.7 Å². The van der Waals surface area contributed by atoms with Crippen LogP contribution in [-0.2, 0) is 16.6 Å². The first-order chi connectivity index (χ1) is 13.4. The van der Waals surface area contributed by atoms with Gasteiger partial charge in [0.25, 0.3) is 5.91 Å². The van der Waals surface area contributed by atoms with Crippen molar-refractivity contribution in [2.75, 3.05) is 20.2 Å². The first-order valence-electron chi connectivity index (χ1n) is 9.44. The zero-order valence-electron chi connectivity index (χ0n) is 16.3. The summed E-state index contributed by atoms with van der Waals surface area (Å²) in [6.07, 6.45) is 2.90. The summed E-state index contributed by atoms with van der Waals surface area (Å²) in [6.45, 7) is 3.38. The molecule has 0 bridgehead atoms. The van der Waals surface area contributed by atoms with Crippen LogP contribution in [0.3, 0.4) is 0 Å². The molecule has 2 aromatic carbocycles. The molecule has 1 aliphatic rings. The van der Waals surface area contributed by atoms with Gasteiger partial charge in [-0.3, -0.25) is 4.79 Å². The van der Waals surface area contributed by atoms with Crippen LogP contribution in [0, 0.1) is 6.92 Å². The Morgan fingerprint density at radius 1 is 1.07 bits per heavy atom. The summed E-state index contributed by atoms with van der Waals surface area (Å²) in [4.78, 5) is 12.8. The molecule has 3 rings (SSSR count). The number of nitrogens with one attached hydrogen (secondary N) is 1. The highest BCUT2D eigenvalue weighted by Gasteiger charge is 2.25. The molecule has 0 aromatic heterocycles. The summed E-state index contributed by atoms with van der Waals surface area (Å²) in [5.74, 6) is 0.289. The summed E-state index contributed by atoms with van der Waals surface area (Å²) in [6, 6.07) is 12.1. The number of carbonyl (C=O) groups is 1. The number of nitrogens with zero attached hydrogens (tertiary/aromatic N) is 1. The number of sulfonamides is 1. The van der Waals surface area contributed by atoms with Gasteiger partial charge in [-0.25, -0.2) is 8.42 Å². The summed E-state index contributed by atoms with van der Waals surface area (Å²) in [5, 5.41) is 2.86. The van der Waals surface area contributed by atoms with Crippen molar-refractivity contribution in [1.29, 1.82) is 0 Å². The second kappa shape index (κ2) is 8.75. The molecule has 0 spiro atoms. The maximum absolute atomic E-state index is 12.7. The number of amides is 1. The van der Waals surface area contributed by atoms with Crippen LogP contribution < -0.4 is 10.1 Å². The number of ether oxygens (including phenoxy) is 1. The third-order valence-corrected chi connectivity index (χ3v) is 6.84. The third-order valence-electron chi connectivity index (χ3n) is 4.93. The molecule has 0 saturated carbocycles. The lowest BCUT2D eigenvalue weighted by Gasteiger charge is -2.25. The molecule has 0 aliphatic carbocycles. The standard InChI is InChI=1S/C21H26N2O4S/c1-16-6-11-20(27-2)19(14-16)21(24)22-15-17-7-9-18(10-8-17)28(25,26)23-12-4-3-5-13-23/h6-11,14H,3-5,12-13,15H2,1-2H3,(H,22,24). The van der Waals surface area contributed by atoms with E-state index < -0.39 is 10.0 Å². The van der Waals surface area contributed by atoms with Gasteiger partial charge in [0.05, 0.1) is 17.6 Å². The molecule has 1 fully saturated rings. The zero-order chi connectivity index (χ0) is 20.1. The van der Waals surface area contributed by atoms with Crippen LogP contribution in [0.15, 0.2) is 47.4 Å². The SMILES string of the molecule is COc1ccc(C)cc1C(=O)NCc1ccc(S(=O)(=O)N2CCCCC2)cc1. The highest BCUT2D eigenvalue weighted by Crippen LogP contribution is 2.22. The minimum Gasteiger partial charge on any atom is -0.496 e. The van der Waals surface area contributed by atoms with Gasteiger partial charge in [-0.15, -0.1) is 0 Å². The lowest BCUT2D eigenvalue weighted by atomic mass is 10.1. The van der Waals surface area contributed by atoms with E-state index in [-0.39, 0.29) is 5.91 Å². The van der Waals surface area contributed by atoms with Crippen molar-refractivity contribution in [1.82, 2.24) is 9.62 Å². The minimum atomic E-state index is -3.44. The molecule has 7 heteroatoms. The fraction of sp³-hybridized carbons (Fsp3) is 0.381. The number of piperidine rings is 1. The van der Waals surface area contributed by atoms with Gasteiger partial charge in [0.1, 0.15) is 5.75 Å². The molecular formula is C21H26N2O4S. The second-order valence-electron chi connectivity index (χ2n) is 7.00. The Kier molecular flexibility index (Phi) is 6.36. The Hall–Kier alpha value is -2.38. The molecule has 1 saturated heterocycles. The summed E-state index contributed by atoms with van der Waals surface area (Å²) in [5.41, 5.74) is 2.28. The topological polar surface area (TPSA) is 75.7 Å². The lowest BCUT2D eigenvalue weighted by molar-refractivity contribution is 0.0947. The largest absolute Gasteiger partial charge is 0.496 e. The Morgan fingerprint density at radius 3 is 2.39 bits per heavy atom. The molecule has 0 unspecified atom stereocenters. The maximum Gasteiger partial charge on any atom is 0.255 e. The molecular weight excluding hydrogens is 376 g/mol. The smallest absolute Gasteiger partial charge is 0.255 e. The molecule has 6 nitrogen and oxygen atoms in total. The number of carbonyl (C=O) groups excluding carboxylic acids is 1. The summed E-state index contributed by atoms with van der Waals surface area (Å²) in [7, 11) is -1.91. The van der Waals surface area contributed by atoms with Crippen molar-refractivity contribution in [3.05, 3.63) is 59.2 Å². The number of benzene rings is 2. The molecule has 0 atom stereocenters. The van der Waals surface area contributed by atoms with E-state index in [1.165, 1.54) is 7.11 Å². The van der Waals surface area contributed by atoms with E-state index in [9.17, 15) is 13.2 Å². The number of rotatable bonds is 6. The highest BCUT2D eigenvalue weighted by molar-refractivity contribution is 7.89. The number of hydrogen-bond donors (Lipinski definition) is 1. The molecule has 1 amide bonds. The van der Waals surface area contributed by atoms with Gasteiger partial charge in [-0.05, 0) is 49.6 Å². The van der Waals surface area contributed by atoms with Gasteiger partial charge in [0, 0.05) is 19.6 Å². The molecule has 1 N–H and O–H groups in total. The second-order valence-corrected chi connectivity index (χ2v) is 8.93.